The quantitative estimate of drug-likeness (QED) is 0.314. The van der Waals surface area contributed by atoms with Crippen molar-refractivity contribution in [3.8, 4) is 5.75 Å². The second-order valence-electron chi connectivity index (χ2n) is 8.37. The van der Waals surface area contributed by atoms with E-state index in [0.717, 1.165) is 10.1 Å². The Balaban J connectivity index is 1.86. The van der Waals surface area contributed by atoms with Crippen molar-refractivity contribution in [1.82, 2.24) is 4.31 Å². The summed E-state index contributed by atoms with van der Waals surface area (Å²) in [4.78, 5) is 23.8. The van der Waals surface area contributed by atoms with E-state index in [-0.39, 0.29) is 27.5 Å². The van der Waals surface area contributed by atoms with E-state index < -0.39 is 31.5 Å². The lowest BCUT2D eigenvalue weighted by Crippen LogP contribution is -2.39. The Hall–Kier alpha value is -2.82. The Morgan fingerprint density at radius 1 is 1.12 bits per heavy atom. The third-order valence-electron chi connectivity index (χ3n) is 4.97. The number of aromatic hydroxyl groups is 1. The van der Waals surface area contributed by atoms with E-state index in [1.54, 1.807) is 12.3 Å². The molecule has 0 saturated carbocycles. The zero-order chi connectivity index (χ0) is 23.8. The molecule has 11 heteroatoms. The second-order valence-corrected chi connectivity index (χ2v) is 10.9. The van der Waals surface area contributed by atoms with Crippen LogP contribution in [0, 0.1) is 5.41 Å². The van der Waals surface area contributed by atoms with Crippen molar-refractivity contribution in [3.63, 3.8) is 0 Å². The average molecular weight is 482 g/mol. The van der Waals surface area contributed by atoms with Crippen LogP contribution in [0.2, 0.25) is 5.02 Å². The van der Waals surface area contributed by atoms with Gasteiger partial charge in [-0.3, -0.25) is 9.59 Å². The highest BCUT2D eigenvalue weighted by molar-refractivity contribution is 7.89. The molecule has 0 aliphatic carbocycles. The van der Waals surface area contributed by atoms with E-state index in [0.29, 0.717) is 13.0 Å². The van der Waals surface area contributed by atoms with Crippen molar-refractivity contribution < 1.29 is 17.9 Å². The van der Waals surface area contributed by atoms with Gasteiger partial charge in [0.15, 0.2) is 5.75 Å². The number of anilines is 3. The molecular weight excluding hydrogens is 458 g/mol. The van der Waals surface area contributed by atoms with Gasteiger partial charge in [0, 0.05) is 27.1 Å². The molecule has 0 atom stereocenters. The van der Waals surface area contributed by atoms with Crippen LogP contribution in [-0.2, 0) is 16.4 Å². The summed E-state index contributed by atoms with van der Waals surface area (Å²) < 4.78 is 31.3. The predicted octanol–water partition coefficient (Wildman–Crippen LogP) is 2.91. The third-order valence-corrected chi connectivity index (χ3v) is 7.29. The first-order valence-corrected chi connectivity index (χ1v) is 11.5. The van der Waals surface area contributed by atoms with E-state index in [1.807, 2.05) is 19.9 Å². The van der Waals surface area contributed by atoms with E-state index in [9.17, 15) is 23.1 Å². The van der Waals surface area contributed by atoms with E-state index in [2.05, 4.69) is 10.6 Å². The highest BCUT2D eigenvalue weighted by atomic mass is 35.5. The number of rotatable bonds is 9. The lowest BCUT2D eigenvalue weighted by atomic mass is 9.88. The number of phenols is 1. The van der Waals surface area contributed by atoms with Gasteiger partial charge in [-0.25, -0.2) is 12.7 Å². The van der Waals surface area contributed by atoms with Crippen molar-refractivity contribution in [1.29, 1.82) is 0 Å². The van der Waals surface area contributed by atoms with Crippen molar-refractivity contribution in [2.75, 3.05) is 31.3 Å². The number of benzene rings is 1. The summed E-state index contributed by atoms with van der Waals surface area (Å²) in [5, 5.41) is 16.0. The average Bonchev–Trinajstić information content (AvgIpc) is 3.20. The highest BCUT2D eigenvalue weighted by Gasteiger charge is 2.29. The molecule has 32 heavy (non-hydrogen) atoms. The molecule has 0 unspecified atom stereocenters. The van der Waals surface area contributed by atoms with Gasteiger partial charge in [-0.1, -0.05) is 25.4 Å². The van der Waals surface area contributed by atoms with Gasteiger partial charge in [0.25, 0.3) is 10.9 Å². The largest absolute Gasteiger partial charge is 0.504 e. The normalized spacial score (nSPS) is 12.4. The van der Waals surface area contributed by atoms with Crippen LogP contribution in [0.15, 0.2) is 49.4 Å². The lowest BCUT2D eigenvalue weighted by Gasteiger charge is -2.26. The Kier molecular flexibility index (Phi) is 6.41. The van der Waals surface area contributed by atoms with E-state index >= 15 is 0 Å². The minimum Gasteiger partial charge on any atom is -0.504 e. The molecule has 0 bridgehead atoms. The molecule has 1 heterocycles. The molecular formula is C21H24ClN3O6S. The second kappa shape index (κ2) is 8.61. The van der Waals surface area contributed by atoms with Crippen LogP contribution in [0.5, 0.6) is 5.75 Å². The molecule has 1 aromatic heterocycles. The standard InChI is InChI=1S/C21H24ClN3O6S/c1-21(2,10-12-6-5-9-31-12)11-23-15-16(19(28)18(15)27)24-14-8-7-13(22)20(17(14)26)32(29,30)25(3)4/h5-9,23-24,26H,10-11H2,1-4H3. The van der Waals surface area contributed by atoms with Crippen LogP contribution in [0.1, 0.15) is 19.6 Å². The number of furan rings is 1. The molecule has 0 aliphatic heterocycles. The Morgan fingerprint density at radius 3 is 2.38 bits per heavy atom. The van der Waals surface area contributed by atoms with Gasteiger partial charge in [-0.2, -0.15) is 0 Å². The molecule has 0 amide bonds. The van der Waals surface area contributed by atoms with Crippen LogP contribution in [0.3, 0.4) is 0 Å². The zero-order valence-electron chi connectivity index (χ0n) is 18.0. The monoisotopic (exact) mass is 481 g/mol. The van der Waals surface area contributed by atoms with Gasteiger partial charge in [0.1, 0.15) is 22.0 Å². The van der Waals surface area contributed by atoms with Crippen LogP contribution in [0.25, 0.3) is 0 Å². The number of phenolic OH excluding ortho intramolecular Hbond substituents is 1. The molecule has 3 N–H and O–H groups in total. The van der Waals surface area contributed by atoms with Gasteiger partial charge >= 0.3 is 0 Å². The van der Waals surface area contributed by atoms with Gasteiger partial charge < -0.3 is 20.2 Å². The molecule has 0 radical (unpaired) electrons. The van der Waals surface area contributed by atoms with Gasteiger partial charge in [0.05, 0.1) is 17.0 Å². The van der Waals surface area contributed by atoms with Crippen LogP contribution < -0.4 is 21.5 Å². The van der Waals surface area contributed by atoms with Crippen molar-refractivity contribution in [2.24, 2.45) is 5.41 Å². The van der Waals surface area contributed by atoms with Crippen LogP contribution in [0.4, 0.5) is 17.1 Å². The molecule has 0 fully saturated rings. The number of hydrogen-bond acceptors (Lipinski definition) is 8. The highest BCUT2D eigenvalue weighted by Crippen LogP contribution is 2.39. The molecule has 2 aromatic carbocycles. The molecule has 3 rings (SSSR count). The van der Waals surface area contributed by atoms with Gasteiger partial charge in [-0.15, -0.1) is 0 Å². The summed E-state index contributed by atoms with van der Waals surface area (Å²) in [5.41, 5.74) is -1.84. The smallest absolute Gasteiger partial charge is 0.253 e. The number of halogens is 1. The fourth-order valence-corrected chi connectivity index (χ4v) is 4.64. The molecule has 9 nitrogen and oxygen atoms in total. The zero-order valence-corrected chi connectivity index (χ0v) is 19.6. The maximum atomic E-state index is 12.5. The molecule has 3 aromatic rings. The first-order valence-electron chi connectivity index (χ1n) is 9.66. The molecule has 0 saturated heterocycles. The summed E-state index contributed by atoms with van der Waals surface area (Å²) >= 11 is 6.01. The maximum Gasteiger partial charge on any atom is 0.253 e. The summed E-state index contributed by atoms with van der Waals surface area (Å²) in [6.45, 7) is 4.31. The summed E-state index contributed by atoms with van der Waals surface area (Å²) in [6, 6.07) is 6.26. The molecule has 0 aliphatic rings. The first kappa shape index (κ1) is 23.8. The Morgan fingerprint density at radius 2 is 1.78 bits per heavy atom. The number of hydrogen-bond donors (Lipinski definition) is 3. The summed E-state index contributed by atoms with van der Waals surface area (Å²) in [7, 11) is -1.46. The fourth-order valence-electron chi connectivity index (χ4n) is 3.16. The SMILES string of the molecule is CN(C)S(=O)(=O)c1c(Cl)ccc(Nc2c(NCC(C)(C)Cc3ccco3)c(=O)c2=O)c1O. The molecule has 0 spiro atoms. The maximum absolute atomic E-state index is 12.5. The summed E-state index contributed by atoms with van der Waals surface area (Å²) in [5.74, 6) is 0.143. The predicted molar refractivity (Wildman–Crippen MR) is 123 cm³/mol. The number of sulfonamides is 1. The van der Waals surface area contributed by atoms with Crippen molar-refractivity contribution in [3.05, 3.63) is 61.8 Å². The minimum atomic E-state index is -4.06. The van der Waals surface area contributed by atoms with Crippen molar-refractivity contribution in [2.45, 2.75) is 25.2 Å². The van der Waals surface area contributed by atoms with Gasteiger partial charge in [-0.05, 0) is 29.7 Å². The molecule has 172 valence electrons. The lowest BCUT2D eigenvalue weighted by molar-refractivity contribution is 0.348. The van der Waals surface area contributed by atoms with Crippen molar-refractivity contribution >= 4 is 38.7 Å². The minimum absolute atomic E-state index is 0.0605. The van der Waals surface area contributed by atoms with E-state index in [1.165, 1.54) is 26.2 Å². The third kappa shape index (κ3) is 4.52. The summed E-state index contributed by atoms with van der Waals surface area (Å²) in [6.07, 6.45) is 2.19. The Bertz CT molecular complexity index is 1310. The van der Waals surface area contributed by atoms with E-state index in [4.69, 9.17) is 16.0 Å². The Labute approximate surface area is 190 Å². The number of nitrogens with one attached hydrogen (secondary N) is 2. The van der Waals surface area contributed by atoms with Crippen LogP contribution in [-0.4, -0.2) is 38.5 Å². The fraction of sp³-hybridized carbons (Fsp3) is 0.333. The first-order chi connectivity index (χ1) is 14.8. The number of nitrogens with zero attached hydrogens (tertiary/aromatic N) is 1. The van der Waals surface area contributed by atoms with Crippen LogP contribution >= 0.6 is 11.6 Å². The topological polar surface area (TPSA) is 129 Å². The van der Waals surface area contributed by atoms with Gasteiger partial charge in [0.2, 0.25) is 10.0 Å².